The molecule has 2 rings (SSSR count). The van der Waals surface area contributed by atoms with E-state index in [-0.39, 0.29) is 19.5 Å². The van der Waals surface area contributed by atoms with E-state index < -0.39 is 23.9 Å². The minimum absolute atomic E-state index is 0.168. The van der Waals surface area contributed by atoms with Crippen molar-refractivity contribution < 1.29 is 14.4 Å². The van der Waals surface area contributed by atoms with Gasteiger partial charge in [0, 0.05) is 17.3 Å². The highest BCUT2D eigenvalue weighted by atomic mass is 35.5. The van der Waals surface area contributed by atoms with E-state index in [9.17, 15) is 14.4 Å². The molecule has 1 aromatic carbocycles. The van der Waals surface area contributed by atoms with Crippen LogP contribution in [0.1, 0.15) is 13.3 Å². The predicted octanol–water partition coefficient (Wildman–Crippen LogP) is 1.53. The molecule has 0 radical (unpaired) electrons. The lowest BCUT2D eigenvalue weighted by molar-refractivity contribution is -0.131. The number of carbonyl (C=O) groups excluding carboxylic acids is 3. The summed E-state index contributed by atoms with van der Waals surface area (Å²) in [4.78, 5) is 38.7. The van der Waals surface area contributed by atoms with Gasteiger partial charge in [-0.15, -0.1) is 0 Å². The van der Waals surface area contributed by atoms with Crippen molar-refractivity contribution in [1.29, 1.82) is 5.26 Å². The quantitative estimate of drug-likeness (QED) is 0.652. The van der Waals surface area contributed by atoms with Crippen LogP contribution in [0.2, 0.25) is 5.02 Å². The van der Waals surface area contributed by atoms with Crippen molar-refractivity contribution in [3.05, 3.63) is 29.3 Å². The Morgan fingerprint density at radius 1 is 1.35 bits per heavy atom. The van der Waals surface area contributed by atoms with Crippen LogP contribution in [0, 0.1) is 11.3 Å². The molecule has 1 atom stereocenters. The van der Waals surface area contributed by atoms with Crippen molar-refractivity contribution in [1.82, 2.24) is 10.2 Å². The normalized spacial score (nSPS) is 17.3. The summed E-state index contributed by atoms with van der Waals surface area (Å²) in [5.74, 6) is -0.924. The number of nitrogens with zero attached hydrogens (tertiary/aromatic N) is 3. The molecular formula is C15H15ClN4O3. The Hall–Kier alpha value is -2.59. The van der Waals surface area contributed by atoms with E-state index in [1.807, 2.05) is 6.07 Å². The molecule has 1 N–H and O–H groups in total. The summed E-state index contributed by atoms with van der Waals surface area (Å²) in [5.41, 5.74) is 0.535. The number of nitrogens with one attached hydrogen (secondary N) is 1. The Balaban J connectivity index is 2.10. The fourth-order valence-electron chi connectivity index (χ4n) is 2.26. The summed E-state index contributed by atoms with van der Waals surface area (Å²) in [6, 6.07) is 7.17. The van der Waals surface area contributed by atoms with Gasteiger partial charge in [-0.05, 0) is 31.2 Å². The van der Waals surface area contributed by atoms with Crippen LogP contribution in [0.25, 0.3) is 0 Å². The topological polar surface area (TPSA) is 93.5 Å². The van der Waals surface area contributed by atoms with Gasteiger partial charge in [0.1, 0.15) is 12.6 Å². The molecule has 1 fully saturated rings. The summed E-state index contributed by atoms with van der Waals surface area (Å²) in [7, 11) is 0. The second-order valence-electron chi connectivity index (χ2n) is 4.99. The van der Waals surface area contributed by atoms with Gasteiger partial charge in [-0.2, -0.15) is 5.26 Å². The van der Waals surface area contributed by atoms with Gasteiger partial charge >= 0.3 is 6.03 Å². The molecule has 1 saturated heterocycles. The summed E-state index contributed by atoms with van der Waals surface area (Å²) in [5, 5.41) is 11.4. The maximum atomic E-state index is 12.4. The molecule has 4 amide bonds. The third kappa shape index (κ3) is 3.60. The van der Waals surface area contributed by atoms with Gasteiger partial charge in [0.25, 0.3) is 5.91 Å². The van der Waals surface area contributed by atoms with Crippen LogP contribution in [0.5, 0.6) is 0 Å². The number of halogens is 1. The van der Waals surface area contributed by atoms with Crippen molar-refractivity contribution in [3.63, 3.8) is 0 Å². The molecule has 0 aliphatic carbocycles. The highest BCUT2D eigenvalue weighted by Crippen LogP contribution is 2.26. The number of anilines is 1. The van der Waals surface area contributed by atoms with Crippen LogP contribution in [-0.2, 0) is 9.59 Å². The predicted molar refractivity (Wildman–Crippen MR) is 83.7 cm³/mol. The Morgan fingerprint density at radius 2 is 2.00 bits per heavy atom. The lowest BCUT2D eigenvalue weighted by Gasteiger charge is -2.19. The molecule has 120 valence electrons. The lowest BCUT2D eigenvalue weighted by atomic mass is 10.2. The van der Waals surface area contributed by atoms with E-state index in [1.54, 1.807) is 31.2 Å². The molecule has 1 unspecified atom stereocenters. The molecule has 0 aromatic heterocycles. The number of benzene rings is 1. The van der Waals surface area contributed by atoms with Gasteiger partial charge in [-0.3, -0.25) is 19.4 Å². The maximum absolute atomic E-state index is 12.4. The van der Waals surface area contributed by atoms with E-state index in [4.69, 9.17) is 16.9 Å². The van der Waals surface area contributed by atoms with Crippen LogP contribution in [0.4, 0.5) is 10.5 Å². The Kier molecular flexibility index (Phi) is 5.19. The minimum atomic E-state index is -0.699. The number of carbonyl (C=O) groups is 3. The standard InChI is InChI=1S/C15H15ClN4O3/c1-10-14(22)19(9-13(21)18-8-2-7-17)15(23)20(10)12-5-3-11(16)4-6-12/h3-6,10H,2,8-9H2,1H3,(H,18,21). The number of nitriles is 1. The zero-order chi connectivity index (χ0) is 17.0. The molecule has 1 aliphatic heterocycles. The molecule has 1 aliphatic rings. The van der Waals surface area contributed by atoms with Crippen molar-refractivity contribution in [2.75, 3.05) is 18.0 Å². The Labute approximate surface area is 138 Å². The molecule has 7 nitrogen and oxygen atoms in total. The van der Waals surface area contributed by atoms with Gasteiger partial charge in [-0.1, -0.05) is 11.6 Å². The Bertz CT molecular complexity index is 668. The van der Waals surface area contributed by atoms with Gasteiger partial charge < -0.3 is 5.32 Å². The van der Waals surface area contributed by atoms with Crippen molar-refractivity contribution in [2.45, 2.75) is 19.4 Å². The lowest BCUT2D eigenvalue weighted by Crippen LogP contribution is -2.41. The van der Waals surface area contributed by atoms with E-state index in [0.717, 1.165) is 4.90 Å². The van der Waals surface area contributed by atoms with E-state index >= 15 is 0 Å². The highest BCUT2D eigenvalue weighted by molar-refractivity contribution is 6.30. The molecule has 23 heavy (non-hydrogen) atoms. The third-order valence-electron chi connectivity index (χ3n) is 3.41. The SMILES string of the molecule is CC1C(=O)N(CC(=O)NCCC#N)C(=O)N1c1ccc(Cl)cc1. The average molecular weight is 335 g/mol. The Morgan fingerprint density at radius 3 is 2.61 bits per heavy atom. The second kappa shape index (κ2) is 7.11. The maximum Gasteiger partial charge on any atom is 0.332 e. The van der Waals surface area contributed by atoms with Gasteiger partial charge in [0.05, 0.1) is 12.5 Å². The second-order valence-corrected chi connectivity index (χ2v) is 5.42. The first-order chi connectivity index (χ1) is 11.0. The molecule has 0 bridgehead atoms. The zero-order valence-corrected chi connectivity index (χ0v) is 13.2. The number of rotatable bonds is 5. The fraction of sp³-hybridized carbons (Fsp3) is 0.333. The highest BCUT2D eigenvalue weighted by Gasteiger charge is 2.43. The molecular weight excluding hydrogens is 320 g/mol. The van der Waals surface area contributed by atoms with Gasteiger partial charge in [0.2, 0.25) is 5.91 Å². The average Bonchev–Trinajstić information content (AvgIpc) is 2.73. The van der Waals surface area contributed by atoms with E-state index in [1.165, 1.54) is 4.90 Å². The summed E-state index contributed by atoms with van der Waals surface area (Å²) >= 11 is 5.82. The van der Waals surface area contributed by atoms with Crippen LogP contribution in [0.3, 0.4) is 0 Å². The number of hydrogen-bond donors (Lipinski definition) is 1. The molecule has 0 saturated carbocycles. The molecule has 1 aromatic rings. The fourth-order valence-corrected chi connectivity index (χ4v) is 2.39. The molecule has 0 spiro atoms. The van der Waals surface area contributed by atoms with Gasteiger partial charge in [0.15, 0.2) is 0 Å². The largest absolute Gasteiger partial charge is 0.354 e. The minimum Gasteiger partial charge on any atom is -0.354 e. The molecule has 1 heterocycles. The number of imide groups is 1. The number of hydrogen-bond acceptors (Lipinski definition) is 4. The van der Waals surface area contributed by atoms with Crippen molar-refractivity contribution >= 4 is 35.1 Å². The van der Waals surface area contributed by atoms with E-state index in [0.29, 0.717) is 10.7 Å². The van der Waals surface area contributed by atoms with Crippen LogP contribution in [0.15, 0.2) is 24.3 Å². The summed E-state index contributed by atoms with van der Waals surface area (Å²) in [6.45, 7) is 1.42. The number of urea groups is 1. The van der Waals surface area contributed by atoms with Gasteiger partial charge in [-0.25, -0.2) is 4.79 Å². The first-order valence-corrected chi connectivity index (χ1v) is 7.37. The summed E-state index contributed by atoms with van der Waals surface area (Å²) in [6.07, 6.45) is 0.168. The van der Waals surface area contributed by atoms with Crippen molar-refractivity contribution in [3.8, 4) is 6.07 Å². The van der Waals surface area contributed by atoms with Crippen LogP contribution in [-0.4, -0.2) is 41.9 Å². The smallest absolute Gasteiger partial charge is 0.332 e. The first-order valence-electron chi connectivity index (χ1n) is 6.99. The number of amides is 4. The summed E-state index contributed by atoms with van der Waals surface area (Å²) < 4.78 is 0. The van der Waals surface area contributed by atoms with Crippen molar-refractivity contribution in [2.24, 2.45) is 0 Å². The monoisotopic (exact) mass is 334 g/mol. The first kappa shape index (κ1) is 16.8. The van der Waals surface area contributed by atoms with Crippen LogP contribution < -0.4 is 10.2 Å². The zero-order valence-electron chi connectivity index (χ0n) is 12.5. The third-order valence-corrected chi connectivity index (χ3v) is 3.67. The van der Waals surface area contributed by atoms with E-state index in [2.05, 4.69) is 5.32 Å². The molecule has 8 heteroatoms. The van der Waals surface area contributed by atoms with Crippen LogP contribution >= 0.6 is 11.6 Å².